The van der Waals surface area contributed by atoms with Crippen molar-refractivity contribution in [3.05, 3.63) is 51.8 Å². The molecule has 4 nitrogen and oxygen atoms in total. The van der Waals surface area contributed by atoms with E-state index in [1.54, 1.807) is 0 Å². The summed E-state index contributed by atoms with van der Waals surface area (Å²) in [6, 6.07) is 10.4. The van der Waals surface area contributed by atoms with E-state index in [-0.39, 0.29) is 24.4 Å². The predicted molar refractivity (Wildman–Crippen MR) is 104 cm³/mol. The van der Waals surface area contributed by atoms with Crippen LogP contribution >= 0.6 is 28.3 Å². The monoisotopic (exact) mass is 411 g/mol. The van der Waals surface area contributed by atoms with Gasteiger partial charge in [-0.15, -0.1) is 12.4 Å². The van der Waals surface area contributed by atoms with Crippen molar-refractivity contribution in [1.82, 2.24) is 15.2 Å². The summed E-state index contributed by atoms with van der Waals surface area (Å²) in [6.07, 6.45) is 1.99. The van der Waals surface area contributed by atoms with Crippen molar-refractivity contribution >= 4 is 34.2 Å². The zero-order valence-corrected chi connectivity index (χ0v) is 16.3. The van der Waals surface area contributed by atoms with Gasteiger partial charge in [-0.25, -0.2) is 0 Å². The van der Waals surface area contributed by atoms with Crippen molar-refractivity contribution in [1.29, 1.82) is 0 Å². The number of rotatable bonds is 3. The Morgan fingerprint density at radius 1 is 1.25 bits per heavy atom. The van der Waals surface area contributed by atoms with Crippen LogP contribution in [0.5, 0.6) is 0 Å². The summed E-state index contributed by atoms with van der Waals surface area (Å²) in [5.74, 6) is 0.0336. The van der Waals surface area contributed by atoms with E-state index in [0.717, 1.165) is 53.0 Å². The first-order chi connectivity index (χ1) is 11.1. The maximum absolute atomic E-state index is 12.6. The molecule has 2 N–H and O–H groups in total. The topological polar surface area (TPSA) is 46.1 Å². The zero-order valence-electron chi connectivity index (χ0n) is 13.9. The second-order valence-electron chi connectivity index (χ2n) is 6.10. The van der Waals surface area contributed by atoms with Crippen LogP contribution in [-0.4, -0.2) is 29.6 Å². The van der Waals surface area contributed by atoms with Crippen molar-refractivity contribution in [3.63, 3.8) is 0 Å². The highest BCUT2D eigenvalue weighted by Gasteiger charge is 2.20. The van der Waals surface area contributed by atoms with Crippen LogP contribution in [0.25, 0.3) is 5.69 Å². The maximum Gasteiger partial charge on any atom is 0.253 e. The third-order valence-electron chi connectivity index (χ3n) is 4.42. The van der Waals surface area contributed by atoms with Crippen LogP contribution in [-0.2, 0) is 0 Å². The van der Waals surface area contributed by atoms with Crippen LogP contribution in [0.4, 0.5) is 0 Å². The lowest BCUT2D eigenvalue weighted by molar-refractivity contribution is 0.0929. The van der Waals surface area contributed by atoms with E-state index in [9.17, 15) is 4.79 Å². The first-order valence-electron chi connectivity index (χ1n) is 8.02. The van der Waals surface area contributed by atoms with Gasteiger partial charge in [0.2, 0.25) is 0 Å². The van der Waals surface area contributed by atoms with Crippen LogP contribution in [0.3, 0.4) is 0 Å². The van der Waals surface area contributed by atoms with Crippen LogP contribution in [0, 0.1) is 13.8 Å². The molecule has 3 rings (SSSR count). The number of hydrogen-bond donors (Lipinski definition) is 2. The molecule has 1 saturated heterocycles. The van der Waals surface area contributed by atoms with E-state index in [4.69, 9.17) is 0 Å². The first kappa shape index (κ1) is 19.0. The molecule has 1 amide bonds. The molecule has 0 saturated carbocycles. The van der Waals surface area contributed by atoms with Crippen LogP contribution in [0.1, 0.15) is 34.6 Å². The summed E-state index contributed by atoms with van der Waals surface area (Å²) >= 11 is 3.51. The predicted octanol–water partition coefficient (Wildman–Crippen LogP) is 3.76. The van der Waals surface area contributed by atoms with Gasteiger partial charge < -0.3 is 15.2 Å². The van der Waals surface area contributed by atoms with Crippen molar-refractivity contribution in [2.24, 2.45) is 0 Å². The van der Waals surface area contributed by atoms with Gasteiger partial charge in [0.05, 0.1) is 5.56 Å². The molecule has 2 aromatic rings. The third kappa shape index (κ3) is 4.02. The standard InChI is InChI=1S/C18H22BrN3O.ClH/c1-12-10-17(18(23)21-15-6-8-20-9-7-15)13(2)22(12)16-5-3-4-14(19)11-16;/h3-5,10-11,15,20H,6-9H2,1-2H3,(H,21,23);1H. The minimum absolute atomic E-state index is 0. The Hall–Kier alpha value is -1.30. The molecular weight excluding hydrogens is 390 g/mol. The second-order valence-corrected chi connectivity index (χ2v) is 7.01. The smallest absolute Gasteiger partial charge is 0.253 e. The molecule has 0 spiro atoms. The van der Waals surface area contributed by atoms with Crippen LogP contribution in [0.15, 0.2) is 34.8 Å². The maximum atomic E-state index is 12.6. The Balaban J connectivity index is 0.00000208. The lowest BCUT2D eigenvalue weighted by atomic mass is 10.1. The lowest BCUT2D eigenvalue weighted by Crippen LogP contribution is -2.42. The molecule has 1 aromatic carbocycles. The molecule has 2 heterocycles. The summed E-state index contributed by atoms with van der Waals surface area (Å²) in [7, 11) is 0. The number of nitrogens with zero attached hydrogens (tertiary/aromatic N) is 1. The van der Waals surface area contributed by atoms with E-state index in [1.807, 2.05) is 32.0 Å². The van der Waals surface area contributed by atoms with Gasteiger partial charge in [-0.2, -0.15) is 0 Å². The highest BCUT2D eigenvalue weighted by Crippen LogP contribution is 2.23. The number of nitrogens with one attached hydrogen (secondary N) is 2. The van der Waals surface area contributed by atoms with E-state index in [2.05, 4.69) is 43.3 Å². The largest absolute Gasteiger partial charge is 0.349 e. The highest BCUT2D eigenvalue weighted by molar-refractivity contribution is 9.10. The van der Waals surface area contributed by atoms with Gasteiger partial charge in [0.25, 0.3) is 5.91 Å². The number of halogens is 2. The molecule has 1 aromatic heterocycles. The zero-order chi connectivity index (χ0) is 16.4. The average molecular weight is 413 g/mol. The van der Waals surface area contributed by atoms with Gasteiger partial charge in [0.1, 0.15) is 0 Å². The van der Waals surface area contributed by atoms with Crippen LogP contribution in [0.2, 0.25) is 0 Å². The van der Waals surface area contributed by atoms with E-state index in [0.29, 0.717) is 0 Å². The molecule has 24 heavy (non-hydrogen) atoms. The molecule has 0 bridgehead atoms. The van der Waals surface area contributed by atoms with Gasteiger partial charge in [-0.3, -0.25) is 4.79 Å². The number of carbonyl (C=O) groups excluding carboxylic acids is 1. The third-order valence-corrected chi connectivity index (χ3v) is 4.91. The molecule has 1 fully saturated rings. The number of aromatic nitrogens is 1. The Morgan fingerprint density at radius 2 is 1.96 bits per heavy atom. The van der Waals surface area contributed by atoms with E-state index >= 15 is 0 Å². The van der Waals surface area contributed by atoms with Gasteiger partial charge in [-0.1, -0.05) is 22.0 Å². The van der Waals surface area contributed by atoms with Crippen LogP contribution < -0.4 is 10.6 Å². The fraction of sp³-hybridized carbons (Fsp3) is 0.389. The fourth-order valence-electron chi connectivity index (χ4n) is 3.23. The number of hydrogen-bond acceptors (Lipinski definition) is 2. The molecule has 1 aliphatic heterocycles. The molecule has 0 unspecified atom stereocenters. The Bertz CT molecular complexity index is 723. The summed E-state index contributed by atoms with van der Waals surface area (Å²) < 4.78 is 3.16. The molecule has 0 radical (unpaired) electrons. The fourth-order valence-corrected chi connectivity index (χ4v) is 3.62. The lowest BCUT2D eigenvalue weighted by Gasteiger charge is -2.23. The molecular formula is C18H23BrClN3O. The highest BCUT2D eigenvalue weighted by atomic mass is 79.9. The molecule has 130 valence electrons. The van der Waals surface area contributed by atoms with Crippen molar-refractivity contribution in [3.8, 4) is 5.69 Å². The number of benzene rings is 1. The Morgan fingerprint density at radius 3 is 2.62 bits per heavy atom. The van der Waals surface area contributed by atoms with Gasteiger partial charge >= 0.3 is 0 Å². The van der Waals surface area contributed by atoms with E-state index < -0.39 is 0 Å². The van der Waals surface area contributed by atoms with E-state index in [1.165, 1.54) is 0 Å². The minimum Gasteiger partial charge on any atom is -0.349 e. The number of aryl methyl sites for hydroxylation is 1. The summed E-state index contributed by atoms with van der Waals surface area (Å²) in [5, 5.41) is 6.50. The Kier molecular flexibility index (Phi) is 6.49. The average Bonchev–Trinajstić information content (AvgIpc) is 2.83. The molecule has 6 heteroatoms. The quantitative estimate of drug-likeness (QED) is 0.806. The summed E-state index contributed by atoms with van der Waals surface area (Å²) in [4.78, 5) is 12.6. The summed E-state index contributed by atoms with van der Waals surface area (Å²) in [6.45, 7) is 5.99. The molecule has 0 aliphatic carbocycles. The SMILES string of the molecule is Cc1cc(C(=O)NC2CCNCC2)c(C)n1-c1cccc(Br)c1.Cl. The van der Waals surface area contributed by atoms with Gasteiger partial charge in [-0.05, 0) is 64.0 Å². The minimum atomic E-state index is 0. The summed E-state index contributed by atoms with van der Waals surface area (Å²) in [5.41, 5.74) is 3.87. The van der Waals surface area contributed by atoms with Gasteiger partial charge in [0.15, 0.2) is 0 Å². The molecule has 0 atom stereocenters. The Labute approximate surface area is 157 Å². The van der Waals surface area contributed by atoms with Crippen molar-refractivity contribution in [2.45, 2.75) is 32.7 Å². The normalized spacial score (nSPS) is 15.0. The van der Waals surface area contributed by atoms with Crippen molar-refractivity contribution < 1.29 is 4.79 Å². The molecule has 1 aliphatic rings. The number of carbonyl (C=O) groups is 1. The first-order valence-corrected chi connectivity index (χ1v) is 8.82. The number of piperidine rings is 1. The second kappa shape index (κ2) is 8.19. The number of amides is 1. The van der Waals surface area contributed by atoms with Crippen molar-refractivity contribution in [2.75, 3.05) is 13.1 Å². The van der Waals surface area contributed by atoms with Gasteiger partial charge in [0, 0.05) is 27.6 Å².